The van der Waals surface area contributed by atoms with Gasteiger partial charge in [-0.1, -0.05) is 29.8 Å². The van der Waals surface area contributed by atoms with E-state index < -0.39 is 0 Å². The summed E-state index contributed by atoms with van der Waals surface area (Å²) >= 11 is 6.22. The maximum absolute atomic E-state index is 6.22. The summed E-state index contributed by atoms with van der Waals surface area (Å²) < 4.78 is 11.1. The summed E-state index contributed by atoms with van der Waals surface area (Å²) in [4.78, 5) is 0. The topological polar surface area (TPSA) is 44.5 Å². The number of methoxy groups -OCH3 is 1. The van der Waals surface area contributed by atoms with Crippen LogP contribution in [0.5, 0.6) is 11.5 Å². The lowest BCUT2D eigenvalue weighted by molar-refractivity contribution is 0.180. The minimum Gasteiger partial charge on any atom is -0.497 e. The first kappa shape index (κ1) is 14.7. The minimum absolute atomic E-state index is 0.183. The van der Waals surface area contributed by atoms with Gasteiger partial charge in [-0.05, 0) is 37.3 Å². The molecule has 0 spiro atoms. The van der Waals surface area contributed by atoms with Crippen molar-refractivity contribution >= 4 is 11.6 Å². The molecule has 0 aliphatic heterocycles. The highest BCUT2D eigenvalue weighted by molar-refractivity contribution is 6.31. The molecule has 0 radical (unpaired) electrons. The predicted octanol–water partition coefficient (Wildman–Crippen LogP) is 3.82. The SMILES string of the molecule is COc1ccc(OC(c2ccccc2Cl)C(C)N)cc1. The van der Waals surface area contributed by atoms with Gasteiger partial charge in [0.2, 0.25) is 0 Å². The molecule has 0 saturated heterocycles. The molecule has 0 aliphatic rings. The highest BCUT2D eigenvalue weighted by Gasteiger charge is 2.20. The van der Waals surface area contributed by atoms with Crippen LogP contribution in [-0.2, 0) is 0 Å². The van der Waals surface area contributed by atoms with Crippen LogP contribution in [0, 0.1) is 0 Å². The maximum atomic E-state index is 6.22. The number of rotatable bonds is 5. The molecular weight excluding hydrogens is 274 g/mol. The molecule has 2 aromatic rings. The van der Waals surface area contributed by atoms with Crippen molar-refractivity contribution in [2.45, 2.75) is 19.1 Å². The third-order valence-electron chi connectivity index (χ3n) is 3.01. The average molecular weight is 292 g/mol. The molecule has 3 nitrogen and oxygen atoms in total. The quantitative estimate of drug-likeness (QED) is 0.911. The summed E-state index contributed by atoms with van der Waals surface area (Å²) in [6, 6.07) is 14.8. The standard InChI is InChI=1S/C16H18ClNO2/c1-11(18)16(14-5-3-4-6-15(14)17)20-13-9-7-12(19-2)8-10-13/h3-11,16H,18H2,1-2H3. The highest BCUT2D eigenvalue weighted by atomic mass is 35.5. The van der Waals surface area contributed by atoms with Crippen molar-refractivity contribution in [3.63, 3.8) is 0 Å². The first-order valence-electron chi connectivity index (χ1n) is 6.42. The Kier molecular flexibility index (Phi) is 4.88. The summed E-state index contributed by atoms with van der Waals surface area (Å²) in [5.74, 6) is 1.51. The first-order valence-corrected chi connectivity index (χ1v) is 6.80. The van der Waals surface area contributed by atoms with E-state index >= 15 is 0 Å². The molecule has 2 aromatic carbocycles. The number of halogens is 1. The van der Waals surface area contributed by atoms with Gasteiger partial charge in [-0.3, -0.25) is 0 Å². The number of hydrogen-bond acceptors (Lipinski definition) is 3. The van der Waals surface area contributed by atoms with E-state index in [2.05, 4.69) is 0 Å². The third kappa shape index (κ3) is 3.44. The van der Waals surface area contributed by atoms with E-state index in [0.717, 1.165) is 17.1 Å². The van der Waals surface area contributed by atoms with Gasteiger partial charge in [0, 0.05) is 16.6 Å². The molecule has 106 valence electrons. The Hall–Kier alpha value is -1.71. The van der Waals surface area contributed by atoms with E-state index in [1.807, 2.05) is 55.5 Å². The summed E-state index contributed by atoms with van der Waals surface area (Å²) in [6.45, 7) is 1.90. The summed E-state index contributed by atoms with van der Waals surface area (Å²) in [5.41, 5.74) is 6.92. The molecule has 0 heterocycles. The molecule has 2 N–H and O–H groups in total. The van der Waals surface area contributed by atoms with Gasteiger partial charge in [-0.15, -0.1) is 0 Å². The van der Waals surface area contributed by atoms with Crippen molar-refractivity contribution < 1.29 is 9.47 Å². The van der Waals surface area contributed by atoms with Crippen LogP contribution in [0.2, 0.25) is 5.02 Å². The Labute approximate surface area is 124 Å². The summed E-state index contributed by atoms with van der Waals surface area (Å²) in [5, 5.41) is 0.656. The fourth-order valence-corrected chi connectivity index (χ4v) is 2.20. The molecule has 0 bridgehead atoms. The van der Waals surface area contributed by atoms with Crippen LogP contribution in [0.3, 0.4) is 0 Å². The van der Waals surface area contributed by atoms with Crippen LogP contribution in [0.25, 0.3) is 0 Å². The van der Waals surface area contributed by atoms with Gasteiger partial charge in [0.15, 0.2) is 0 Å². The van der Waals surface area contributed by atoms with Gasteiger partial charge >= 0.3 is 0 Å². The smallest absolute Gasteiger partial charge is 0.140 e. The van der Waals surface area contributed by atoms with E-state index in [-0.39, 0.29) is 12.1 Å². The first-order chi connectivity index (χ1) is 9.61. The Morgan fingerprint density at radius 3 is 2.15 bits per heavy atom. The minimum atomic E-state index is -0.294. The Bertz CT molecular complexity index is 555. The lowest BCUT2D eigenvalue weighted by Gasteiger charge is -2.24. The van der Waals surface area contributed by atoms with Crippen LogP contribution in [0.4, 0.5) is 0 Å². The fourth-order valence-electron chi connectivity index (χ4n) is 1.96. The number of hydrogen-bond donors (Lipinski definition) is 1. The monoisotopic (exact) mass is 291 g/mol. The Balaban J connectivity index is 2.23. The van der Waals surface area contributed by atoms with Gasteiger partial charge in [0.25, 0.3) is 0 Å². The van der Waals surface area contributed by atoms with Crippen LogP contribution < -0.4 is 15.2 Å². The van der Waals surface area contributed by atoms with Gasteiger partial charge < -0.3 is 15.2 Å². The van der Waals surface area contributed by atoms with Gasteiger partial charge in [-0.2, -0.15) is 0 Å². The van der Waals surface area contributed by atoms with Crippen LogP contribution >= 0.6 is 11.6 Å². The van der Waals surface area contributed by atoms with Gasteiger partial charge in [0.1, 0.15) is 17.6 Å². The second-order valence-corrected chi connectivity index (χ2v) is 5.00. The average Bonchev–Trinajstić information content (AvgIpc) is 2.46. The lowest BCUT2D eigenvalue weighted by atomic mass is 10.0. The molecule has 2 unspecified atom stereocenters. The second-order valence-electron chi connectivity index (χ2n) is 4.59. The van der Waals surface area contributed by atoms with E-state index in [9.17, 15) is 0 Å². The van der Waals surface area contributed by atoms with E-state index in [0.29, 0.717) is 5.02 Å². The lowest BCUT2D eigenvalue weighted by Crippen LogP contribution is -2.29. The van der Waals surface area contributed by atoms with E-state index in [1.165, 1.54) is 0 Å². The third-order valence-corrected chi connectivity index (χ3v) is 3.36. The molecule has 0 fully saturated rings. The summed E-state index contributed by atoms with van der Waals surface area (Å²) in [6.07, 6.45) is -0.294. The molecular formula is C16H18ClNO2. The van der Waals surface area contributed by atoms with Crippen LogP contribution in [0.1, 0.15) is 18.6 Å². The molecule has 0 aromatic heterocycles. The van der Waals surface area contributed by atoms with Crippen LogP contribution in [-0.4, -0.2) is 13.2 Å². The second kappa shape index (κ2) is 6.64. The van der Waals surface area contributed by atoms with Crippen molar-refractivity contribution in [2.24, 2.45) is 5.73 Å². The van der Waals surface area contributed by atoms with E-state index in [1.54, 1.807) is 7.11 Å². The summed E-state index contributed by atoms with van der Waals surface area (Å²) in [7, 11) is 1.63. The van der Waals surface area contributed by atoms with Gasteiger partial charge in [-0.25, -0.2) is 0 Å². The van der Waals surface area contributed by atoms with Crippen molar-refractivity contribution in [1.29, 1.82) is 0 Å². The maximum Gasteiger partial charge on any atom is 0.140 e. The zero-order valence-corrected chi connectivity index (χ0v) is 12.3. The van der Waals surface area contributed by atoms with Crippen LogP contribution in [0.15, 0.2) is 48.5 Å². The van der Waals surface area contributed by atoms with E-state index in [4.69, 9.17) is 26.8 Å². The largest absolute Gasteiger partial charge is 0.497 e. The molecule has 0 aliphatic carbocycles. The number of nitrogens with two attached hydrogens (primary N) is 1. The van der Waals surface area contributed by atoms with Crippen molar-refractivity contribution in [2.75, 3.05) is 7.11 Å². The molecule has 20 heavy (non-hydrogen) atoms. The normalized spacial score (nSPS) is 13.6. The zero-order chi connectivity index (χ0) is 14.5. The molecule has 2 rings (SSSR count). The van der Waals surface area contributed by atoms with Crippen molar-refractivity contribution in [3.8, 4) is 11.5 Å². The Morgan fingerprint density at radius 1 is 1.00 bits per heavy atom. The number of benzene rings is 2. The number of ether oxygens (including phenoxy) is 2. The highest BCUT2D eigenvalue weighted by Crippen LogP contribution is 2.30. The Morgan fingerprint density at radius 2 is 1.60 bits per heavy atom. The van der Waals surface area contributed by atoms with Gasteiger partial charge in [0.05, 0.1) is 7.11 Å². The molecule has 2 atom stereocenters. The molecule has 0 amide bonds. The predicted molar refractivity (Wildman–Crippen MR) is 81.5 cm³/mol. The zero-order valence-electron chi connectivity index (χ0n) is 11.5. The van der Waals surface area contributed by atoms with Crippen molar-refractivity contribution in [3.05, 3.63) is 59.1 Å². The molecule has 0 saturated carbocycles. The fraction of sp³-hybridized carbons (Fsp3) is 0.250. The van der Waals surface area contributed by atoms with Crippen molar-refractivity contribution in [1.82, 2.24) is 0 Å². The molecule has 4 heteroatoms.